The van der Waals surface area contributed by atoms with E-state index in [1.807, 2.05) is 18.2 Å². The number of nitrogens with zero attached hydrogens (tertiary/aromatic N) is 10. The highest BCUT2D eigenvalue weighted by molar-refractivity contribution is 7.20. The lowest BCUT2D eigenvalue weighted by atomic mass is 9.80. The van der Waals surface area contributed by atoms with Gasteiger partial charge in [-0.3, -0.25) is 8.97 Å². The van der Waals surface area contributed by atoms with E-state index in [0.717, 1.165) is 56.3 Å². The van der Waals surface area contributed by atoms with Gasteiger partial charge in [0.15, 0.2) is 8.07 Å². The zero-order valence-electron chi connectivity index (χ0n) is 60.2. The van der Waals surface area contributed by atoms with Crippen LogP contribution < -0.4 is 49.6 Å². The molecule has 5 aliphatic rings. The van der Waals surface area contributed by atoms with E-state index < -0.39 is 8.07 Å². The summed E-state index contributed by atoms with van der Waals surface area (Å²) in [7, 11) is -3.37. The second kappa shape index (κ2) is 25.6. The summed E-state index contributed by atoms with van der Waals surface area (Å²) >= 11 is 0. The van der Waals surface area contributed by atoms with Crippen LogP contribution in [-0.2, 0) is 0 Å². The van der Waals surface area contributed by atoms with Gasteiger partial charge >= 0.3 is 14.2 Å². The minimum absolute atomic E-state index is 0.0907. The molecule has 18 aromatic rings. The molecule has 518 valence electrons. The quantitative estimate of drug-likeness (QED) is 0.105. The third kappa shape index (κ3) is 9.67. The molecule has 0 N–H and O–H groups in total. The Morgan fingerprint density at radius 3 is 1.03 bits per heavy atom. The molecule has 0 spiro atoms. The molecule has 23 rings (SSSR count). The molecule has 10 nitrogen and oxygen atoms in total. The van der Waals surface area contributed by atoms with Crippen LogP contribution in [-0.4, -0.2) is 36.3 Å². The van der Waals surface area contributed by atoms with Gasteiger partial charge in [0.1, 0.15) is 0 Å². The van der Waals surface area contributed by atoms with Gasteiger partial charge < -0.3 is 28.9 Å². The van der Waals surface area contributed by atoms with Crippen LogP contribution in [0.25, 0.3) is 78.0 Å². The third-order valence-corrected chi connectivity index (χ3v) is 27.9. The molecule has 0 fully saturated rings. The molecule has 0 unspecified atom stereocenters. The molecule has 4 aliphatic heterocycles. The molecule has 0 amide bonds. The predicted octanol–water partition coefficient (Wildman–Crippen LogP) is 21.2. The van der Waals surface area contributed by atoms with Crippen molar-refractivity contribution in [2.45, 2.75) is 0 Å². The average Bonchev–Trinajstić information content (AvgIpc) is 1.57. The Labute approximate surface area is 645 Å². The van der Waals surface area contributed by atoms with Crippen molar-refractivity contribution in [3.8, 4) is 56.3 Å². The van der Waals surface area contributed by atoms with E-state index in [0.29, 0.717) is 5.56 Å². The summed E-state index contributed by atoms with van der Waals surface area (Å²) in [6.07, 6.45) is 0. The predicted molar refractivity (Wildman–Crippen MR) is 463 cm³/mol. The van der Waals surface area contributed by atoms with E-state index in [1.54, 1.807) is 0 Å². The molecular weight excluding hydrogens is 1370 g/mol. The summed E-state index contributed by atoms with van der Waals surface area (Å²) in [5.41, 5.74) is 29.7. The van der Waals surface area contributed by atoms with Crippen LogP contribution in [0.3, 0.4) is 0 Å². The van der Waals surface area contributed by atoms with Crippen molar-refractivity contribution in [2.75, 3.05) is 28.9 Å². The van der Waals surface area contributed by atoms with Gasteiger partial charge in [0.2, 0.25) is 5.78 Å². The Bertz CT molecular complexity index is 6710. The van der Waals surface area contributed by atoms with E-state index >= 15 is 0 Å². The molecule has 111 heavy (non-hydrogen) atoms. The number of fused-ring (bicyclic) bond motifs is 23. The Morgan fingerprint density at radius 1 is 0.243 bits per heavy atom. The van der Waals surface area contributed by atoms with E-state index in [4.69, 9.17) is 4.98 Å². The van der Waals surface area contributed by atoms with E-state index in [2.05, 4.69) is 426 Å². The summed E-state index contributed by atoms with van der Waals surface area (Å²) in [6.45, 7) is 0. The number of para-hydroxylation sites is 12. The van der Waals surface area contributed by atoms with Gasteiger partial charge in [0, 0.05) is 28.4 Å². The lowest BCUT2D eigenvalue weighted by molar-refractivity contribution is 1.11. The van der Waals surface area contributed by atoms with Gasteiger partial charge in [-0.25, -0.2) is 4.98 Å². The third-order valence-electron chi connectivity index (χ3n) is 23.1. The van der Waals surface area contributed by atoms with Crippen molar-refractivity contribution < 1.29 is 0 Å². The minimum atomic E-state index is -3.11. The zero-order chi connectivity index (χ0) is 73.3. The highest BCUT2D eigenvalue weighted by Gasteiger charge is 2.55. The molecule has 1 aliphatic carbocycles. The lowest BCUT2D eigenvalue weighted by Crippen LogP contribution is -2.74. The van der Waals surface area contributed by atoms with Gasteiger partial charge in [0.25, 0.3) is 0 Å². The summed E-state index contributed by atoms with van der Waals surface area (Å²) in [4.78, 5) is 20.2. The Hall–Kier alpha value is -14.6. The monoisotopic (exact) mass is 1430 g/mol. The number of imidazole rings is 2. The number of aromatic nitrogens is 3. The second-order valence-corrected chi connectivity index (χ2v) is 32.7. The van der Waals surface area contributed by atoms with Crippen LogP contribution in [0.5, 0.6) is 0 Å². The maximum absolute atomic E-state index is 9.86. The van der Waals surface area contributed by atoms with Crippen molar-refractivity contribution in [1.29, 1.82) is 5.26 Å². The first-order valence-corrected chi connectivity index (χ1v) is 39.9. The topological polar surface area (TPSA) is 65.5 Å². The summed E-state index contributed by atoms with van der Waals surface area (Å²) in [5, 5.41) is 15.0. The van der Waals surface area contributed by atoms with Gasteiger partial charge in [-0.05, 0) is 205 Å². The first kappa shape index (κ1) is 63.7. The fourth-order valence-electron chi connectivity index (χ4n) is 18.6. The van der Waals surface area contributed by atoms with Gasteiger partial charge in [-0.1, -0.05) is 261 Å². The van der Waals surface area contributed by atoms with Crippen molar-refractivity contribution in [2.24, 2.45) is 0 Å². The van der Waals surface area contributed by atoms with Crippen LogP contribution in [0.1, 0.15) is 5.56 Å². The average molecular weight is 1430 g/mol. The van der Waals surface area contributed by atoms with E-state index in [1.165, 1.54) is 111 Å². The van der Waals surface area contributed by atoms with Crippen molar-refractivity contribution in [3.05, 3.63) is 406 Å². The summed E-state index contributed by atoms with van der Waals surface area (Å²) in [5.74, 6) is 0.805. The maximum atomic E-state index is 9.86. The molecule has 2 aromatic heterocycles. The summed E-state index contributed by atoms with van der Waals surface area (Å²) in [6, 6.07) is 148. The highest BCUT2D eigenvalue weighted by Crippen LogP contribution is 2.59. The molecular formula is C98H66B2N10Si. The second-order valence-electron chi connectivity index (χ2n) is 28.9. The molecule has 0 bridgehead atoms. The van der Waals surface area contributed by atoms with Gasteiger partial charge in [-0.15, -0.1) is 0 Å². The Kier molecular flexibility index (Phi) is 14.7. The number of benzene rings is 16. The molecule has 16 aromatic carbocycles. The van der Waals surface area contributed by atoms with Crippen molar-refractivity contribution in [3.63, 3.8) is 0 Å². The number of hydrogen-bond acceptors (Lipinski definition) is 8. The van der Waals surface area contributed by atoms with Gasteiger partial charge in [-0.2, -0.15) is 5.26 Å². The van der Waals surface area contributed by atoms with Gasteiger partial charge in [0.05, 0.1) is 79.2 Å². The smallest absolute Gasteiger partial charge is 0.344 e. The van der Waals surface area contributed by atoms with Crippen LogP contribution in [0, 0.1) is 11.3 Å². The molecule has 0 atom stereocenters. The first-order valence-electron chi connectivity index (χ1n) is 37.9. The van der Waals surface area contributed by atoms with Crippen LogP contribution in [0.4, 0.5) is 68.2 Å². The largest absolute Gasteiger partial charge is 0.519 e. The molecule has 13 heteroatoms. The van der Waals surface area contributed by atoms with E-state index in [-0.39, 0.29) is 14.2 Å². The Morgan fingerprint density at radius 2 is 0.577 bits per heavy atom. The fourth-order valence-corrected chi connectivity index (χ4v) is 23.4. The molecule has 6 heterocycles. The maximum Gasteiger partial charge on any atom is 0.519 e. The SMILES string of the molecule is N#Cc1ccc2nc3n(-c4cccc([Si](c5ccccc5)(c5ccccc5)c5cccc(N6B7N(c8ccccc8)c8ccccc8N7c7ccccc76)c5)c4)c4ccccc4n3c2c1.c1ccc(N2B3N(c4ccc5c(c4)-c4ccccc4-c4ccccc4-c4ccccc4-5)c4ccccc4N3c3ccccc32)cc1. The number of rotatable bonds is 9. The summed E-state index contributed by atoms with van der Waals surface area (Å²) < 4.78 is 4.47. The zero-order valence-corrected chi connectivity index (χ0v) is 61.2. The van der Waals surface area contributed by atoms with E-state index in [9.17, 15) is 5.26 Å². The standard InChI is InChI=1S/C56H38BN7Si.C42H28BN3/c58-39-40-34-35-48-55(36-40)61-50-29-11-10-28-49(50)60(56(61)59-48)42-20-16-26-46(37-42)65(44-22-6-2-7-23-44,45-24-8-3-9-25-45)47-27-17-21-43(38-47)63-52-31-13-15-33-54(52)64-53-32-14-12-30-51(53)62(57(63)64)41-18-4-1-5-19-41;1-2-14-29(15-3-1)44-39-22-10-12-24-41(39)46-42-25-13-11-23-40(42)45(43(44)46)30-26-27-37-35-20-7-6-18-33(35)31-16-4-5-17-32(31)34-19-8-9-21-36(34)38(37)28-30/h1-38H;1-28H. The molecule has 0 saturated heterocycles. The number of hydrogen-bond donors (Lipinski definition) is 0. The normalized spacial score (nSPS) is 13.3. The molecule has 0 radical (unpaired) electrons. The molecule has 0 saturated carbocycles. The first-order chi connectivity index (χ1) is 55.1. The Balaban J connectivity index is 0.000000145. The highest BCUT2D eigenvalue weighted by atomic mass is 28.3. The van der Waals surface area contributed by atoms with Crippen LogP contribution in [0.15, 0.2) is 400 Å². The van der Waals surface area contributed by atoms with Crippen LogP contribution >= 0.6 is 0 Å². The van der Waals surface area contributed by atoms with Crippen molar-refractivity contribution >= 4 is 139 Å². The fraction of sp³-hybridized carbons (Fsp3) is 0. The van der Waals surface area contributed by atoms with Crippen molar-refractivity contribution in [1.82, 2.24) is 14.0 Å². The number of anilines is 12. The number of nitriles is 1. The van der Waals surface area contributed by atoms with Crippen LogP contribution in [0.2, 0.25) is 0 Å². The minimum Gasteiger partial charge on any atom is -0.344 e. The lowest BCUT2D eigenvalue weighted by Gasteiger charge is -2.36.